The van der Waals surface area contributed by atoms with Crippen molar-refractivity contribution in [2.24, 2.45) is 0 Å². The Labute approximate surface area is 202 Å². The highest BCUT2D eigenvalue weighted by molar-refractivity contribution is 14.1. The number of pyridine rings is 2. The van der Waals surface area contributed by atoms with E-state index >= 15 is 0 Å². The van der Waals surface area contributed by atoms with Crippen molar-refractivity contribution >= 4 is 56.3 Å². The van der Waals surface area contributed by atoms with Gasteiger partial charge in [-0.05, 0) is 65.2 Å². The molecule has 2 heterocycles. The van der Waals surface area contributed by atoms with Gasteiger partial charge in [0.2, 0.25) is 0 Å². The van der Waals surface area contributed by atoms with E-state index in [0.29, 0.717) is 32.4 Å². The number of hydrogen-bond acceptors (Lipinski definition) is 4. The van der Waals surface area contributed by atoms with Crippen LogP contribution in [0.4, 0.5) is 10.1 Å². The average molecular weight is 548 g/mol. The minimum atomic E-state index is -0.291. The Hall–Kier alpha value is -3.59. The monoisotopic (exact) mass is 548 g/mol. The normalized spacial score (nSPS) is 11.2. The van der Waals surface area contributed by atoms with E-state index in [2.05, 4.69) is 27.6 Å². The van der Waals surface area contributed by atoms with Gasteiger partial charge in [-0.3, -0.25) is 14.3 Å². The molecule has 2 aromatic heterocycles. The van der Waals surface area contributed by atoms with Crippen molar-refractivity contribution in [3.63, 3.8) is 0 Å². The Balaban J connectivity index is 1.84. The van der Waals surface area contributed by atoms with Crippen LogP contribution in [0.1, 0.15) is 11.1 Å². The lowest BCUT2D eigenvalue weighted by atomic mass is 9.99. The Bertz CT molecular complexity index is 1630. The smallest absolute Gasteiger partial charge is 0.255 e. The van der Waals surface area contributed by atoms with Gasteiger partial charge in [-0.1, -0.05) is 34.7 Å². The van der Waals surface area contributed by atoms with E-state index < -0.39 is 0 Å². The Morgan fingerprint density at radius 3 is 2.61 bits per heavy atom. The Kier molecular flexibility index (Phi) is 5.41. The van der Waals surface area contributed by atoms with Gasteiger partial charge < -0.3 is 11.1 Å². The van der Waals surface area contributed by atoms with Crippen LogP contribution in [-0.2, 0) is 4.43 Å². The molecule has 0 saturated carbocycles. The minimum absolute atomic E-state index is 0.204. The van der Waals surface area contributed by atoms with Crippen LogP contribution in [0, 0.1) is 11.2 Å². The molecule has 5 nitrogen and oxygen atoms in total. The molecular weight excluding hydrogens is 530 g/mol. The molecule has 0 unspecified atom stereocenters. The first-order valence-corrected chi connectivity index (χ1v) is 11.7. The van der Waals surface area contributed by atoms with Crippen LogP contribution in [0.15, 0.2) is 77.7 Å². The molecule has 0 aliphatic rings. The van der Waals surface area contributed by atoms with Gasteiger partial charge in [-0.15, -0.1) is 0 Å². The van der Waals surface area contributed by atoms with Gasteiger partial charge in [0.05, 0.1) is 11.0 Å². The zero-order valence-electron chi connectivity index (χ0n) is 17.3. The number of anilines is 1. The molecule has 0 saturated heterocycles. The van der Waals surface area contributed by atoms with E-state index in [1.54, 1.807) is 35.0 Å². The van der Waals surface area contributed by atoms with E-state index in [1.165, 1.54) is 18.3 Å². The van der Waals surface area contributed by atoms with Crippen LogP contribution >= 0.6 is 22.6 Å². The fourth-order valence-corrected chi connectivity index (χ4v) is 4.61. The zero-order valence-corrected chi connectivity index (χ0v) is 19.5. The predicted molar refractivity (Wildman–Crippen MR) is 140 cm³/mol. The summed E-state index contributed by atoms with van der Waals surface area (Å²) in [7, 11) is 0. The largest absolute Gasteiger partial charge is 0.398 e. The van der Waals surface area contributed by atoms with Gasteiger partial charge in [0.1, 0.15) is 5.82 Å². The molecule has 33 heavy (non-hydrogen) atoms. The van der Waals surface area contributed by atoms with Crippen molar-refractivity contribution in [1.82, 2.24) is 9.55 Å². The maximum atomic E-state index is 14.2. The number of nitrogens with two attached hydrogens (primary N) is 1. The number of fused-ring (bicyclic) bond motifs is 3. The summed E-state index contributed by atoms with van der Waals surface area (Å²) in [6.07, 6.45) is 2.97. The van der Waals surface area contributed by atoms with Crippen LogP contribution in [0.2, 0.25) is 0 Å². The summed E-state index contributed by atoms with van der Waals surface area (Å²) in [6, 6.07) is 19.4. The number of aromatic nitrogens is 2. The lowest BCUT2D eigenvalue weighted by molar-refractivity contribution is 0.617. The first-order valence-electron chi connectivity index (χ1n) is 10.2. The number of halogens is 2. The fourth-order valence-electron chi connectivity index (χ4n) is 4.03. The molecule has 0 amide bonds. The van der Waals surface area contributed by atoms with E-state index in [-0.39, 0.29) is 11.4 Å². The van der Waals surface area contributed by atoms with E-state index in [0.717, 1.165) is 27.4 Å². The van der Waals surface area contributed by atoms with Crippen molar-refractivity contribution < 1.29 is 4.39 Å². The lowest BCUT2D eigenvalue weighted by Crippen LogP contribution is -2.18. The van der Waals surface area contributed by atoms with Crippen LogP contribution in [0.25, 0.3) is 38.6 Å². The topological polar surface area (TPSA) is 84.8 Å². The SMILES string of the molecule is N=Cc1cc(-c2ccc3ncc4ccc(=O)n(-c5ccc(F)c(CI)c5)c4c3c2)ccc1N. The van der Waals surface area contributed by atoms with Gasteiger partial charge in [-0.2, -0.15) is 0 Å². The molecule has 0 fully saturated rings. The molecule has 0 aliphatic carbocycles. The van der Waals surface area contributed by atoms with Crippen molar-refractivity contribution in [2.75, 3.05) is 5.73 Å². The van der Waals surface area contributed by atoms with E-state index in [4.69, 9.17) is 11.1 Å². The number of rotatable bonds is 4. The summed E-state index contributed by atoms with van der Waals surface area (Å²) in [5.41, 5.74) is 11.3. The lowest BCUT2D eigenvalue weighted by Gasteiger charge is -2.14. The minimum Gasteiger partial charge on any atom is -0.398 e. The van der Waals surface area contributed by atoms with Crippen molar-refractivity contribution in [3.05, 3.63) is 100 Å². The number of hydrogen-bond donors (Lipinski definition) is 2. The van der Waals surface area contributed by atoms with Gasteiger partial charge in [0.25, 0.3) is 5.56 Å². The molecule has 3 N–H and O–H groups in total. The highest BCUT2D eigenvalue weighted by atomic mass is 127. The fraction of sp³-hybridized carbons (Fsp3) is 0.0385. The summed E-state index contributed by atoms with van der Waals surface area (Å²) in [5.74, 6) is -0.291. The number of nitrogen functional groups attached to an aromatic ring is 1. The first kappa shape index (κ1) is 21.3. The predicted octanol–water partition coefficient (Wildman–Crippen LogP) is 5.86. The van der Waals surface area contributed by atoms with Crippen molar-refractivity contribution in [3.8, 4) is 16.8 Å². The molecule has 5 aromatic rings. The highest BCUT2D eigenvalue weighted by Gasteiger charge is 2.13. The molecule has 0 radical (unpaired) electrons. The molecule has 0 bridgehead atoms. The van der Waals surface area contributed by atoms with E-state index in [9.17, 15) is 9.18 Å². The summed E-state index contributed by atoms with van der Waals surface area (Å²) in [5, 5.41) is 9.20. The molecular formula is C26H18FIN4O. The second-order valence-electron chi connectivity index (χ2n) is 7.70. The van der Waals surface area contributed by atoms with Crippen molar-refractivity contribution in [1.29, 1.82) is 5.41 Å². The van der Waals surface area contributed by atoms with E-state index in [1.807, 2.05) is 30.3 Å². The second-order valence-corrected chi connectivity index (χ2v) is 8.46. The molecule has 7 heteroatoms. The summed E-state index contributed by atoms with van der Waals surface area (Å²) < 4.78 is 16.3. The number of nitrogens with zero attached hydrogens (tertiary/aromatic N) is 2. The van der Waals surface area contributed by atoms with Gasteiger partial charge in [0.15, 0.2) is 0 Å². The maximum Gasteiger partial charge on any atom is 0.255 e. The van der Waals surface area contributed by atoms with Crippen LogP contribution in [-0.4, -0.2) is 15.8 Å². The molecule has 162 valence electrons. The summed E-state index contributed by atoms with van der Waals surface area (Å²) in [6.45, 7) is 0. The Morgan fingerprint density at radius 1 is 1.03 bits per heavy atom. The maximum absolute atomic E-state index is 14.2. The third-order valence-electron chi connectivity index (χ3n) is 5.72. The van der Waals surface area contributed by atoms with Gasteiger partial charge >= 0.3 is 0 Å². The summed E-state index contributed by atoms with van der Waals surface area (Å²) in [4.78, 5) is 17.6. The number of nitrogens with one attached hydrogen (secondary N) is 1. The van der Waals surface area contributed by atoms with Crippen molar-refractivity contribution in [2.45, 2.75) is 4.43 Å². The zero-order chi connectivity index (χ0) is 23.1. The quantitative estimate of drug-likeness (QED) is 0.0971. The molecule has 3 aromatic carbocycles. The number of benzene rings is 3. The highest BCUT2D eigenvalue weighted by Crippen LogP contribution is 2.31. The molecule has 5 rings (SSSR count). The standard InChI is InChI=1S/C26H18FIN4O/c27-22-5-4-20(10-18(22)12-28)32-25(33)8-3-17-14-31-24-7-2-16(11-21(24)26(17)32)15-1-6-23(30)19(9-15)13-29/h1-11,13-14,29H,12,30H2. The first-order chi connectivity index (χ1) is 16.0. The summed E-state index contributed by atoms with van der Waals surface area (Å²) >= 11 is 2.11. The molecule has 0 spiro atoms. The molecule has 0 atom stereocenters. The van der Waals surface area contributed by atoms with Crippen LogP contribution in [0.5, 0.6) is 0 Å². The third-order valence-corrected chi connectivity index (χ3v) is 6.55. The van der Waals surface area contributed by atoms with Gasteiger partial charge in [0, 0.05) is 50.6 Å². The third kappa shape index (κ3) is 3.68. The van der Waals surface area contributed by atoms with Crippen LogP contribution < -0.4 is 11.3 Å². The average Bonchev–Trinajstić information content (AvgIpc) is 2.84. The van der Waals surface area contributed by atoms with Crippen LogP contribution in [0.3, 0.4) is 0 Å². The molecule has 0 aliphatic heterocycles. The van der Waals surface area contributed by atoms with Gasteiger partial charge in [-0.25, -0.2) is 4.39 Å². The second kappa shape index (κ2) is 8.40. The Morgan fingerprint density at radius 2 is 1.82 bits per heavy atom. The number of alkyl halides is 1.